The van der Waals surface area contributed by atoms with Gasteiger partial charge in [0.25, 0.3) is 0 Å². The van der Waals surface area contributed by atoms with E-state index in [1.165, 1.54) is 12.1 Å². The van der Waals surface area contributed by atoms with Crippen LogP contribution in [0.5, 0.6) is 5.75 Å². The first-order valence-corrected chi connectivity index (χ1v) is 9.33. The lowest BCUT2D eigenvalue weighted by Gasteiger charge is -2.32. The van der Waals surface area contributed by atoms with Crippen LogP contribution in [-0.4, -0.2) is 42.3 Å². The SMILES string of the molecule is Fc1ccc(OCCN2CCC(NC(=S)Nc3ccccc3)CC2)cc1. The van der Waals surface area contributed by atoms with Crippen LogP contribution in [0.3, 0.4) is 0 Å². The number of nitrogens with one attached hydrogen (secondary N) is 2. The number of ether oxygens (including phenoxy) is 1. The molecule has 2 aromatic carbocycles. The van der Waals surface area contributed by atoms with E-state index in [-0.39, 0.29) is 5.82 Å². The molecule has 0 bridgehead atoms. The predicted molar refractivity (Wildman–Crippen MR) is 107 cm³/mol. The van der Waals surface area contributed by atoms with Crippen LogP contribution in [-0.2, 0) is 0 Å². The second-order valence-electron chi connectivity index (χ2n) is 6.38. The average molecular weight is 373 g/mol. The molecule has 1 heterocycles. The van der Waals surface area contributed by atoms with E-state index in [2.05, 4.69) is 15.5 Å². The molecule has 3 rings (SSSR count). The molecule has 0 saturated carbocycles. The Morgan fingerprint density at radius 1 is 1.08 bits per heavy atom. The van der Waals surface area contributed by atoms with Gasteiger partial charge in [-0.15, -0.1) is 0 Å². The minimum Gasteiger partial charge on any atom is -0.492 e. The molecule has 2 aromatic rings. The fraction of sp³-hybridized carbons (Fsp3) is 0.350. The Bertz CT molecular complexity index is 688. The highest BCUT2D eigenvalue weighted by Gasteiger charge is 2.19. The van der Waals surface area contributed by atoms with Crippen molar-refractivity contribution in [3.63, 3.8) is 0 Å². The van der Waals surface area contributed by atoms with Gasteiger partial charge in [-0.05, 0) is 61.5 Å². The van der Waals surface area contributed by atoms with Gasteiger partial charge >= 0.3 is 0 Å². The molecule has 1 fully saturated rings. The predicted octanol–water partition coefficient (Wildman–Crippen LogP) is 3.66. The highest BCUT2D eigenvalue weighted by molar-refractivity contribution is 7.80. The number of para-hydroxylation sites is 1. The zero-order chi connectivity index (χ0) is 18.2. The monoisotopic (exact) mass is 373 g/mol. The van der Waals surface area contributed by atoms with Crippen LogP contribution in [0.25, 0.3) is 0 Å². The van der Waals surface area contributed by atoms with Crippen molar-refractivity contribution in [3.8, 4) is 5.75 Å². The van der Waals surface area contributed by atoms with Gasteiger partial charge in [-0.1, -0.05) is 18.2 Å². The number of likely N-dealkylation sites (tertiary alicyclic amines) is 1. The number of rotatable bonds is 6. The third kappa shape index (κ3) is 5.97. The molecular weight excluding hydrogens is 349 g/mol. The Morgan fingerprint density at radius 3 is 2.46 bits per heavy atom. The summed E-state index contributed by atoms with van der Waals surface area (Å²) in [6, 6.07) is 16.5. The summed E-state index contributed by atoms with van der Waals surface area (Å²) >= 11 is 5.40. The Hall–Kier alpha value is -2.18. The molecule has 0 spiro atoms. The lowest BCUT2D eigenvalue weighted by Crippen LogP contribution is -2.46. The molecule has 1 aliphatic heterocycles. The topological polar surface area (TPSA) is 36.5 Å². The van der Waals surface area contributed by atoms with Gasteiger partial charge in [0.1, 0.15) is 18.2 Å². The molecule has 0 aliphatic carbocycles. The summed E-state index contributed by atoms with van der Waals surface area (Å²) in [6.07, 6.45) is 2.10. The fourth-order valence-electron chi connectivity index (χ4n) is 3.00. The Morgan fingerprint density at radius 2 is 1.77 bits per heavy atom. The molecule has 0 radical (unpaired) electrons. The normalized spacial score (nSPS) is 15.4. The maximum atomic E-state index is 12.9. The molecular formula is C20H24FN3OS. The number of thiocarbonyl (C=S) groups is 1. The molecule has 0 unspecified atom stereocenters. The molecule has 6 heteroatoms. The number of hydrogen-bond acceptors (Lipinski definition) is 3. The quantitative estimate of drug-likeness (QED) is 0.756. The van der Waals surface area contributed by atoms with Crippen molar-refractivity contribution in [1.82, 2.24) is 10.2 Å². The van der Waals surface area contributed by atoms with Gasteiger partial charge in [-0.25, -0.2) is 4.39 Å². The smallest absolute Gasteiger partial charge is 0.170 e. The molecule has 138 valence electrons. The number of hydrogen-bond donors (Lipinski definition) is 2. The van der Waals surface area contributed by atoms with Crippen LogP contribution in [0.1, 0.15) is 12.8 Å². The molecule has 4 nitrogen and oxygen atoms in total. The summed E-state index contributed by atoms with van der Waals surface area (Å²) in [7, 11) is 0. The first-order valence-electron chi connectivity index (χ1n) is 8.92. The molecule has 1 saturated heterocycles. The van der Waals surface area contributed by atoms with E-state index in [4.69, 9.17) is 17.0 Å². The third-order valence-corrected chi connectivity index (χ3v) is 4.66. The standard InChI is InChI=1S/C20H24FN3OS/c21-16-6-8-19(9-7-16)25-15-14-24-12-10-18(11-13-24)23-20(26)22-17-4-2-1-3-5-17/h1-9,18H,10-15H2,(H2,22,23,26). The van der Waals surface area contributed by atoms with E-state index in [0.717, 1.165) is 38.2 Å². The number of benzene rings is 2. The molecule has 0 atom stereocenters. The summed E-state index contributed by atoms with van der Waals surface area (Å²) in [5.41, 5.74) is 1.00. The third-order valence-electron chi connectivity index (χ3n) is 4.44. The first kappa shape index (κ1) is 18.6. The number of piperidine rings is 1. The van der Waals surface area contributed by atoms with Crippen LogP contribution >= 0.6 is 12.2 Å². The van der Waals surface area contributed by atoms with Crippen LogP contribution in [0.15, 0.2) is 54.6 Å². The van der Waals surface area contributed by atoms with Crippen molar-refractivity contribution < 1.29 is 9.13 Å². The highest BCUT2D eigenvalue weighted by atomic mass is 32.1. The van der Waals surface area contributed by atoms with E-state index >= 15 is 0 Å². The van der Waals surface area contributed by atoms with Gasteiger partial charge < -0.3 is 15.4 Å². The summed E-state index contributed by atoms with van der Waals surface area (Å²) in [6.45, 7) is 3.51. The van der Waals surface area contributed by atoms with Crippen LogP contribution in [0.4, 0.5) is 10.1 Å². The second-order valence-corrected chi connectivity index (χ2v) is 6.79. The van der Waals surface area contributed by atoms with E-state index in [9.17, 15) is 4.39 Å². The van der Waals surface area contributed by atoms with Gasteiger partial charge in [0.15, 0.2) is 5.11 Å². The number of anilines is 1. The number of halogens is 1. The van der Waals surface area contributed by atoms with Gasteiger partial charge in [-0.2, -0.15) is 0 Å². The lowest BCUT2D eigenvalue weighted by atomic mass is 10.1. The van der Waals surface area contributed by atoms with Crippen LogP contribution in [0, 0.1) is 5.82 Å². The summed E-state index contributed by atoms with van der Waals surface area (Å²) in [5.74, 6) is 0.465. The molecule has 0 aromatic heterocycles. The Labute approximate surface area is 159 Å². The van der Waals surface area contributed by atoms with E-state index in [0.29, 0.717) is 23.5 Å². The van der Waals surface area contributed by atoms with Gasteiger partial charge in [-0.3, -0.25) is 4.90 Å². The van der Waals surface area contributed by atoms with Crippen LogP contribution < -0.4 is 15.4 Å². The Kier molecular flexibility index (Phi) is 6.80. The zero-order valence-electron chi connectivity index (χ0n) is 14.7. The molecule has 26 heavy (non-hydrogen) atoms. The Balaban J connectivity index is 1.32. The summed E-state index contributed by atoms with van der Waals surface area (Å²) in [4.78, 5) is 2.38. The van der Waals surface area contributed by atoms with Crippen molar-refractivity contribution in [3.05, 3.63) is 60.4 Å². The van der Waals surface area contributed by atoms with E-state index < -0.39 is 0 Å². The van der Waals surface area contributed by atoms with Crippen molar-refractivity contribution in [2.45, 2.75) is 18.9 Å². The van der Waals surface area contributed by atoms with Crippen molar-refractivity contribution in [2.75, 3.05) is 31.6 Å². The minimum atomic E-state index is -0.244. The van der Waals surface area contributed by atoms with Crippen molar-refractivity contribution in [2.24, 2.45) is 0 Å². The molecule has 2 N–H and O–H groups in total. The van der Waals surface area contributed by atoms with Gasteiger partial charge in [0.05, 0.1) is 0 Å². The lowest BCUT2D eigenvalue weighted by molar-refractivity contribution is 0.170. The van der Waals surface area contributed by atoms with Crippen molar-refractivity contribution >= 4 is 23.0 Å². The average Bonchev–Trinajstić information content (AvgIpc) is 2.65. The zero-order valence-corrected chi connectivity index (χ0v) is 15.5. The highest BCUT2D eigenvalue weighted by Crippen LogP contribution is 2.13. The van der Waals surface area contributed by atoms with E-state index in [1.807, 2.05) is 30.3 Å². The molecule has 1 aliphatic rings. The summed E-state index contributed by atoms with van der Waals surface area (Å²) < 4.78 is 18.5. The summed E-state index contributed by atoms with van der Waals surface area (Å²) in [5, 5.41) is 7.29. The van der Waals surface area contributed by atoms with Gasteiger partial charge in [0.2, 0.25) is 0 Å². The van der Waals surface area contributed by atoms with E-state index in [1.54, 1.807) is 12.1 Å². The van der Waals surface area contributed by atoms with Crippen molar-refractivity contribution in [1.29, 1.82) is 0 Å². The number of nitrogens with zero attached hydrogens (tertiary/aromatic N) is 1. The molecule has 0 amide bonds. The van der Waals surface area contributed by atoms with Gasteiger partial charge in [0, 0.05) is 31.4 Å². The largest absolute Gasteiger partial charge is 0.492 e. The maximum absolute atomic E-state index is 12.9. The second kappa shape index (κ2) is 9.50. The minimum absolute atomic E-state index is 0.244. The van der Waals surface area contributed by atoms with Crippen LogP contribution in [0.2, 0.25) is 0 Å². The first-order chi connectivity index (χ1) is 12.7. The maximum Gasteiger partial charge on any atom is 0.170 e. The fourth-order valence-corrected chi connectivity index (χ4v) is 3.28.